The van der Waals surface area contributed by atoms with Crippen molar-refractivity contribution in [2.45, 2.75) is 27.2 Å². The van der Waals surface area contributed by atoms with Gasteiger partial charge in [0.25, 0.3) is 0 Å². The van der Waals surface area contributed by atoms with Gasteiger partial charge in [0.1, 0.15) is 0 Å². The molecule has 0 aliphatic rings. The highest BCUT2D eigenvalue weighted by molar-refractivity contribution is 5.97. The molecule has 0 aromatic heterocycles. The zero-order valence-corrected chi connectivity index (χ0v) is 10.8. The number of hydrogen-bond acceptors (Lipinski definition) is 5. The van der Waals surface area contributed by atoms with Gasteiger partial charge in [0.2, 0.25) is 0 Å². The second-order valence-electron chi connectivity index (χ2n) is 3.57. The molecule has 102 valence electrons. The van der Waals surface area contributed by atoms with Crippen molar-refractivity contribution in [2.75, 3.05) is 13.2 Å². The molecule has 0 spiro atoms. The molecule has 1 unspecified atom stereocenters. The molecule has 0 aromatic carbocycles. The summed E-state index contributed by atoms with van der Waals surface area (Å²) in [6, 6.07) is 0. The smallest absolute Gasteiger partial charge is 0.334 e. The van der Waals surface area contributed by atoms with Gasteiger partial charge in [-0.1, -0.05) is 6.92 Å². The molecule has 1 N–H and O–H groups in total. The van der Waals surface area contributed by atoms with Crippen LogP contribution in [0, 0.1) is 5.92 Å². The fraction of sp³-hybridized carbons (Fsp3) is 0.583. The predicted octanol–water partition coefficient (Wildman–Crippen LogP) is 1.15. The summed E-state index contributed by atoms with van der Waals surface area (Å²) < 4.78 is 9.46. The second kappa shape index (κ2) is 8.27. The van der Waals surface area contributed by atoms with Crippen molar-refractivity contribution in [3.63, 3.8) is 0 Å². The molecule has 0 heterocycles. The normalized spacial score (nSPS) is 12.7. The minimum absolute atomic E-state index is 0.0118. The number of carboxylic acid groups (broad SMARTS) is 1. The number of rotatable bonds is 7. The maximum atomic E-state index is 11.6. The Kier molecular flexibility index (Phi) is 7.42. The van der Waals surface area contributed by atoms with Gasteiger partial charge in [-0.25, -0.2) is 9.59 Å². The summed E-state index contributed by atoms with van der Waals surface area (Å²) >= 11 is 0. The Morgan fingerprint density at radius 3 is 2.17 bits per heavy atom. The van der Waals surface area contributed by atoms with Crippen LogP contribution in [0.15, 0.2) is 11.6 Å². The number of esters is 2. The van der Waals surface area contributed by atoms with Gasteiger partial charge in [-0.05, 0) is 19.8 Å². The van der Waals surface area contributed by atoms with E-state index in [9.17, 15) is 14.4 Å². The van der Waals surface area contributed by atoms with Gasteiger partial charge in [-0.2, -0.15) is 0 Å². The standard InChI is InChI=1S/C12H18O6/c1-4-17-11(15)7-9(12(16)18-5-2)8(3)6-10(13)14/h7-8H,4-6H2,1-3H3,(H,13,14). The van der Waals surface area contributed by atoms with Crippen LogP contribution in [0.4, 0.5) is 0 Å². The summed E-state index contributed by atoms with van der Waals surface area (Å²) in [5, 5.41) is 8.69. The lowest BCUT2D eigenvalue weighted by atomic mass is 9.97. The van der Waals surface area contributed by atoms with Crippen molar-refractivity contribution in [2.24, 2.45) is 5.92 Å². The third kappa shape index (κ3) is 6.03. The van der Waals surface area contributed by atoms with Crippen LogP contribution in [0.3, 0.4) is 0 Å². The molecular formula is C12H18O6. The van der Waals surface area contributed by atoms with Crippen LogP contribution in [-0.2, 0) is 23.9 Å². The lowest BCUT2D eigenvalue weighted by molar-refractivity contribution is -0.142. The Hall–Kier alpha value is -1.85. The van der Waals surface area contributed by atoms with E-state index < -0.39 is 23.8 Å². The first-order valence-electron chi connectivity index (χ1n) is 5.69. The first kappa shape index (κ1) is 16.1. The van der Waals surface area contributed by atoms with Gasteiger partial charge < -0.3 is 14.6 Å². The number of carbonyl (C=O) groups is 3. The summed E-state index contributed by atoms with van der Waals surface area (Å²) in [5.41, 5.74) is 0.0118. The van der Waals surface area contributed by atoms with E-state index in [-0.39, 0.29) is 25.2 Å². The van der Waals surface area contributed by atoms with E-state index in [1.165, 1.54) is 6.92 Å². The molecular weight excluding hydrogens is 240 g/mol. The van der Waals surface area contributed by atoms with Crippen LogP contribution in [0.2, 0.25) is 0 Å². The first-order valence-corrected chi connectivity index (χ1v) is 5.69. The van der Waals surface area contributed by atoms with Crippen molar-refractivity contribution in [3.05, 3.63) is 11.6 Å². The highest BCUT2D eigenvalue weighted by Crippen LogP contribution is 2.16. The fourth-order valence-electron chi connectivity index (χ4n) is 1.30. The number of aliphatic carboxylic acids is 1. The van der Waals surface area contributed by atoms with Crippen molar-refractivity contribution in [1.82, 2.24) is 0 Å². The molecule has 6 heteroatoms. The molecule has 0 bridgehead atoms. The van der Waals surface area contributed by atoms with Gasteiger partial charge in [-0.15, -0.1) is 0 Å². The molecule has 0 aliphatic heterocycles. The maximum Gasteiger partial charge on any atom is 0.334 e. The Bertz CT molecular complexity index is 344. The van der Waals surface area contributed by atoms with E-state index in [4.69, 9.17) is 9.84 Å². The second-order valence-corrected chi connectivity index (χ2v) is 3.57. The van der Waals surface area contributed by atoms with Gasteiger partial charge in [0.15, 0.2) is 0 Å². The number of hydrogen-bond donors (Lipinski definition) is 1. The van der Waals surface area contributed by atoms with Crippen LogP contribution >= 0.6 is 0 Å². The Labute approximate surface area is 106 Å². The molecule has 0 aliphatic carbocycles. The van der Waals surface area contributed by atoms with Crippen LogP contribution < -0.4 is 0 Å². The van der Waals surface area contributed by atoms with Crippen LogP contribution in [-0.4, -0.2) is 36.2 Å². The molecule has 0 saturated carbocycles. The SMILES string of the molecule is CCOC(=O)C=C(C(=O)OCC)C(C)CC(=O)O. The van der Waals surface area contributed by atoms with Crippen molar-refractivity contribution >= 4 is 17.9 Å². The van der Waals surface area contributed by atoms with Crippen molar-refractivity contribution in [3.8, 4) is 0 Å². The molecule has 0 saturated heterocycles. The molecule has 6 nitrogen and oxygen atoms in total. The molecule has 18 heavy (non-hydrogen) atoms. The number of carbonyl (C=O) groups excluding carboxylic acids is 2. The lowest BCUT2D eigenvalue weighted by Gasteiger charge is -2.12. The van der Waals surface area contributed by atoms with Gasteiger partial charge >= 0.3 is 17.9 Å². The van der Waals surface area contributed by atoms with E-state index in [0.29, 0.717) is 0 Å². The van der Waals surface area contributed by atoms with E-state index in [0.717, 1.165) is 6.08 Å². The minimum atomic E-state index is -1.05. The molecule has 0 rings (SSSR count). The third-order valence-corrected chi connectivity index (χ3v) is 2.08. The Balaban J connectivity index is 4.97. The van der Waals surface area contributed by atoms with E-state index in [2.05, 4.69) is 4.74 Å². The zero-order valence-electron chi connectivity index (χ0n) is 10.8. The summed E-state index contributed by atoms with van der Waals surface area (Å²) in [6.45, 7) is 5.13. The summed E-state index contributed by atoms with van der Waals surface area (Å²) in [5.74, 6) is -3.05. The Morgan fingerprint density at radius 2 is 1.72 bits per heavy atom. The van der Waals surface area contributed by atoms with E-state index in [1.54, 1.807) is 13.8 Å². The van der Waals surface area contributed by atoms with Crippen LogP contribution in [0.1, 0.15) is 27.2 Å². The molecule has 1 atom stereocenters. The average Bonchev–Trinajstić information content (AvgIpc) is 2.25. The molecule has 0 amide bonds. The maximum absolute atomic E-state index is 11.6. The molecule has 0 fully saturated rings. The fourth-order valence-corrected chi connectivity index (χ4v) is 1.30. The highest BCUT2D eigenvalue weighted by atomic mass is 16.5. The first-order chi connectivity index (χ1) is 8.42. The van der Waals surface area contributed by atoms with Crippen molar-refractivity contribution < 1.29 is 29.0 Å². The summed E-state index contributed by atoms with van der Waals surface area (Å²) in [4.78, 5) is 33.5. The molecule has 0 aromatic rings. The summed E-state index contributed by atoms with van der Waals surface area (Å²) in [6.07, 6.45) is 0.735. The minimum Gasteiger partial charge on any atom is -0.481 e. The lowest BCUT2D eigenvalue weighted by Crippen LogP contribution is -2.18. The highest BCUT2D eigenvalue weighted by Gasteiger charge is 2.22. The summed E-state index contributed by atoms with van der Waals surface area (Å²) in [7, 11) is 0. The Morgan fingerprint density at radius 1 is 1.17 bits per heavy atom. The van der Waals surface area contributed by atoms with Crippen LogP contribution in [0.5, 0.6) is 0 Å². The van der Waals surface area contributed by atoms with E-state index in [1.807, 2.05) is 0 Å². The molecule has 0 radical (unpaired) electrons. The largest absolute Gasteiger partial charge is 0.481 e. The number of carboxylic acids is 1. The topological polar surface area (TPSA) is 89.9 Å². The third-order valence-electron chi connectivity index (χ3n) is 2.08. The number of ether oxygens (including phenoxy) is 2. The van der Waals surface area contributed by atoms with Gasteiger partial charge in [-0.3, -0.25) is 4.79 Å². The monoisotopic (exact) mass is 258 g/mol. The zero-order chi connectivity index (χ0) is 14.1. The van der Waals surface area contributed by atoms with Crippen LogP contribution in [0.25, 0.3) is 0 Å². The van der Waals surface area contributed by atoms with Gasteiger partial charge in [0, 0.05) is 11.6 Å². The van der Waals surface area contributed by atoms with Gasteiger partial charge in [0.05, 0.1) is 19.6 Å². The van der Waals surface area contributed by atoms with Crippen molar-refractivity contribution in [1.29, 1.82) is 0 Å². The predicted molar refractivity (Wildman–Crippen MR) is 62.8 cm³/mol. The quantitative estimate of drug-likeness (QED) is 0.544. The van der Waals surface area contributed by atoms with E-state index >= 15 is 0 Å². The average molecular weight is 258 g/mol.